The Bertz CT molecular complexity index is 406. The highest BCUT2D eigenvalue weighted by Gasteiger charge is 2.02. The number of aromatic nitrogens is 4. The van der Waals surface area contributed by atoms with Crippen LogP contribution in [0.5, 0.6) is 0 Å². The molecule has 2 heterocycles. The molecule has 0 fully saturated rings. The Morgan fingerprint density at radius 1 is 1.15 bits per heavy atom. The monoisotopic (exact) mass is 174 g/mol. The van der Waals surface area contributed by atoms with Crippen molar-refractivity contribution in [2.75, 3.05) is 0 Å². The minimum atomic E-state index is 0.858. The highest BCUT2D eigenvalue weighted by atomic mass is 15.1. The third-order valence-electron chi connectivity index (χ3n) is 1.99. The molecule has 0 aliphatic rings. The Hall–Kier alpha value is -1.71. The first kappa shape index (κ1) is 7.91. The van der Waals surface area contributed by atoms with Gasteiger partial charge in [-0.25, -0.2) is 4.98 Å². The SMILES string of the molecule is Cc1ncc(-c2cn[nH]c2)nc1C. The van der Waals surface area contributed by atoms with E-state index >= 15 is 0 Å². The third kappa shape index (κ3) is 1.42. The average molecular weight is 174 g/mol. The summed E-state index contributed by atoms with van der Waals surface area (Å²) in [6.45, 7) is 3.90. The van der Waals surface area contributed by atoms with Crippen molar-refractivity contribution >= 4 is 0 Å². The Kier molecular flexibility index (Phi) is 1.81. The minimum Gasteiger partial charge on any atom is -0.285 e. The number of rotatable bonds is 1. The van der Waals surface area contributed by atoms with Crippen molar-refractivity contribution in [3.8, 4) is 11.3 Å². The van der Waals surface area contributed by atoms with Gasteiger partial charge in [-0.05, 0) is 13.8 Å². The van der Waals surface area contributed by atoms with Crippen molar-refractivity contribution in [3.05, 3.63) is 30.0 Å². The summed E-state index contributed by atoms with van der Waals surface area (Å²) in [5.74, 6) is 0. The van der Waals surface area contributed by atoms with Crippen LogP contribution in [-0.2, 0) is 0 Å². The molecule has 0 atom stereocenters. The van der Waals surface area contributed by atoms with Crippen LogP contribution in [0.1, 0.15) is 11.4 Å². The summed E-state index contributed by atoms with van der Waals surface area (Å²) in [7, 11) is 0. The lowest BCUT2D eigenvalue weighted by atomic mass is 10.2. The number of H-pyrrole nitrogens is 1. The lowest BCUT2D eigenvalue weighted by Crippen LogP contribution is -1.92. The van der Waals surface area contributed by atoms with Crippen molar-refractivity contribution < 1.29 is 0 Å². The smallest absolute Gasteiger partial charge is 0.0920 e. The quantitative estimate of drug-likeness (QED) is 0.712. The largest absolute Gasteiger partial charge is 0.285 e. The third-order valence-corrected chi connectivity index (χ3v) is 1.99. The van der Waals surface area contributed by atoms with Gasteiger partial charge in [0.1, 0.15) is 0 Å². The molecule has 0 spiro atoms. The van der Waals surface area contributed by atoms with Gasteiger partial charge in [-0.1, -0.05) is 0 Å². The van der Waals surface area contributed by atoms with Crippen LogP contribution < -0.4 is 0 Å². The van der Waals surface area contributed by atoms with Crippen LogP contribution in [0.3, 0.4) is 0 Å². The maximum atomic E-state index is 4.39. The highest BCUT2D eigenvalue weighted by molar-refractivity contribution is 5.55. The molecular weight excluding hydrogens is 164 g/mol. The lowest BCUT2D eigenvalue weighted by molar-refractivity contribution is 1.05. The number of hydrogen-bond acceptors (Lipinski definition) is 3. The first-order chi connectivity index (χ1) is 6.27. The van der Waals surface area contributed by atoms with E-state index in [1.54, 1.807) is 18.6 Å². The molecule has 0 saturated heterocycles. The first-order valence-electron chi connectivity index (χ1n) is 4.07. The molecule has 4 heteroatoms. The zero-order chi connectivity index (χ0) is 9.26. The number of aromatic amines is 1. The van der Waals surface area contributed by atoms with Gasteiger partial charge in [0, 0.05) is 11.8 Å². The predicted molar refractivity (Wildman–Crippen MR) is 49.1 cm³/mol. The highest BCUT2D eigenvalue weighted by Crippen LogP contribution is 2.14. The summed E-state index contributed by atoms with van der Waals surface area (Å²) in [6, 6.07) is 0. The van der Waals surface area contributed by atoms with Crippen LogP contribution in [-0.4, -0.2) is 20.2 Å². The van der Waals surface area contributed by atoms with Gasteiger partial charge in [0.15, 0.2) is 0 Å². The number of nitrogens with zero attached hydrogens (tertiary/aromatic N) is 3. The average Bonchev–Trinajstić information content (AvgIpc) is 2.62. The second-order valence-corrected chi connectivity index (χ2v) is 2.91. The van der Waals surface area contributed by atoms with E-state index in [-0.39, 0.29) is 0 Å². The number of hydrogen-bond donors (Lipinski definition) is 1. The molecule has 0 unspecified atom stereocenters. The second kappa shape index (κ2) is 2.97. The van der Waals surface area contributed by atoms with Crippen LogP contribution in [0.2, 0.25) is 0 Å². The van der Waals surface area contributed by atoms with Gasteiger partial charge in [0.2, 0.25) is 0 Å². The molecule has 66 valence electrons. The molecule has 2 aromatic heterocycles. The Morgan fingerprint density at radius 3 is 2.62 bits per heavy atom. The molecule has 13 heavy (non-hydrogen) atoms. The fraction of sp³-hybridized carbons (Fsp3) is 0.222. The van der Waals surface area contributed by atoms with Crippen LogP contribution in [0.25, 0.3) is 11.3 Å². The summed E-state index contributed by atoms with van der Waals surface area (Å²) in [5, 5.41) is 6.60. The lowest BCUT2D eigenvalue weighted by Gasteiger charge is -2.00. The van der Waals surface area contributed by atoms with E-state index in [4.69, 9.17) is 0 Å². The molecule has 0 aromatic carbocycles. The van der Waals surface area contributed by atoms with Gasteiger partial charge < -0.3 is 0 Å². The van der Waals surface area contributed by atoms with Gasteiger partial charge >= 0.3 is 0 Å². The molecule has 4 nitrogen and oxygen atoms in total. The Morgan fingerprint density at radius 2 is 2.00 bits per heavy atom. The van der Waals surface area contributed by atoms with E-state index in [2.05, 4.69) is 20.2 Å². The molecule has 0 saturated carbocycles. The predicted octanol–water partition coefficient (Wildman–Crippen LogP) is 1.48. The number of nitrogens with one attached hydrogen (secondary N) is 1. The molecule has 0 radical (unpaired) electrons. The van der Waals surface area contributed by atoms with Crippen molar-refractivity contribution in [2.24, 2.45) is 0 Å². The maximum Gasteiger partial charge on any atom is 0.0920 e. The summed E-state index contributed by atoms with van der Waals surface area (Å²) in [4.78, 5) is 8.62. The fourth-order valence-electron chi connectivity index (χ4n) is 1.07. The molecule has 0 aliphatic heterocycles. The minimum absolute atomic E-state index is 0.858. The van der Waals surface area contributed by atoms with E-state index in [1.807, 2.05) is 13.8 Å². The second-order valence-electron chi connectivity index (χ2n) is 2.91. The molecule has 0 aliphatic carbocycles. The van der Waals surface area contributed by atoms with Crippen LogP contribution >= 0.6 is 0 Å². The van der Waals surface area contributed by atoms with Gasteiger partial charge in [-0.3, -0.25) is 10.1 Å². The molecule has 0 amide bonds. The standard InChI is InChI=1S/C9H10N4/c1-6-7(2)13-9(5-10-6)8-3-11-12-4-8/h3-5H,1-2H3,(H,11,12). The first-order valence-corrected chi connectivity index (χ1v) is 4.07. The zero-order valence-corrected chi connectivity index (χ0v) is 7.57. The van der Waals surface area contributed by atoms with E-state index < -0.39 is 0 Å². The van der Waals surface area contributed by atoms with Gasteiger partial charge in [-0.15, -0.1) is 0 Å². The van der Waals surface area contributed by atoms with Gasteiger partial charge in [0.25, 0.3) is 0 Å². The van der Waals surface area contributed by atoms with Crippen molar-refractivity contribution in [1.82, 2.24) is 20.2 Å². The van der Waals surface area contributed by atoms with Crippen LogP contribution in [0.15, 0.2) is 18.6 Å². The zero-order valence-electron chi connectivity index (χ0n) is 7.57. The Labute approximate surface area is 76.1 Å². The van der Waals surface area contributed by atoms with Gasteiger partial charge in [-0.2, -0.15) is 5.10 Å². The van der Waals surface area contributed by atoms with Crippen molar-refractivity contribution in [3.63, 3.8) is 0 Å². The molecule has 2 aromatic rings. The fourth-order valence-corrected chi connectivity index (χ4v) is 1.07. The van der Waals surface area contributed by atoms with Crippen molar-refractivity contribution in [2.45, 2.75) is 13.8 Å². The molecular formula is C9H10N4. The molecule has 2 rings (SSSR count). The Balaban J connectivity index is 2.49. The molecule has 0 bridgehead atoms. The van der Waals surface area contributed by atoms with E-state index in [0.717, 1.165) is 22.6 Å². The normalized spacial score (nSPS) is 10.3. The van der Waals surface area contributed by atoms with Crippen molar-refractivity contribution in [1.29, 1.82) is 0 Å². The van der Waals surface area contributed by atoms with Crippen LogP contribution in [0.4, 0.5) is 0 Å². The van der Waals surface area contributed by atoms with Crippen LogP contribution in [0, 0.1) is 13.8 Å². The summed E-state index contributed by atoms with van der Waals surface area (Å²) in [5.41, 5.74) is 3.75. The van der Waals surface area contributed by atoms with Gasteiger partial charge in [0.05, 0.1) is 29.5 Å². The van der Waals surface area contributed by atoms with E-state index in [1.165, 1.54) is 0 Å². The summed E-state index contributed by atoms with van der Waals surface area (Å²) >= 11 is 0. The van der Waals surface area contributed by atoms with E-state index in [0.29, 0.717) is 0 Å². The van der Waals surface area contributed by atoms with E-state index in [9.17, 15) is 0 Å². The summed E-state index contributed by atoms with van der Waals surface area (Å²) < 4.78 is 0. The number of aryl methyl sites for hydroxylation is 2. The topological polar surface area (TPSA) is 54.5 Å². The molecule has 1 N–H and O–H groups in total. The summed E-state index contributed by atoms with van der Waals surface area (Å²) in [6.07, 6.45) is 5.30. The maximum absolute atomic E-state index is 4.39.